The number of hydrogen-bond donors (Lipinski definition) is 1. The van der Waals surface area contributed by atoms with Crippen LogP contribution in [0, 0.1) is 0 Å². The Morgan fingerprint density at radius 2 is 2.23 bits per heavy atom. The van der Waals surface area contributed by atoms with Gasteiger partial charge >= 0.3 is 0 Å². The molecule has 0 spiro atoms. The Bertz CT molecular complexity index is 187. The molecule has 0 heterocycles. The Kier molecular flexibility index (Phi) is 4.60. The molecule has 74 valence electrons. The fourth-order valence-corrected chi connectivity index (χ4v) is 1.58. The van der Waals surface area contributed by atoms with Crippen LogP contribution in [0.5, 0.6) is 0 Å². The number of nitrogens with zero attached hydrogens (tertiary/aromatic N) is 4. The van der Waals surface area contributed by atoms with Gasteiger partial charge in [-0.25, -0.2) is 0 Å². The van der Waals surface area contributed by atoms with E-state index in [1.54, 1.807) is 0 Å². The zero-order valence-electron chi connectivity index (χ0n) is 7.76. The molecule has 0 saturated heterocycles. The maximum Gasteiger partial charge on any atom is 0.0558 e. The minimum atomic E-state index is 0.187. The van der Waals surface area contributed by atoms with Crippen molar-refractivity contribution in [1.29, 1.82) is 0 Å². The zero-order valence-corrected chi connectivity index (χ0v) is 7.76. The van der Waals surface area contributed by atoms with Crippen LogP contribution in [0.2, 0.25) is 0 Å². The van der Waals surface area contributed by atoms with Gasteiger partial charge in [0.25, 0.3) is 0 Å². The maximum absolute atomic E-state index is 8.82. The van der Waals surface area contributed by atoms with Gasteiger partial charge in [-0.1, -0.05) is 11.5 Å². The van der Waals surface area contributed by atoms with Crippen molar-refractivity contribution in [2.45, 2.75) is 25.3 Å². The molecular weight excluding hydrogens is 168 g/mol. The number of rotatable bonds is 6. The highest BCUT2D eigenvalue weighted by Gasteiger charge is 2.23. The van der Waals surface area contributed by atoms with Crippen LogP contribution in [0.1, 0.15) is 19.3 Å². The van der Waals surface area contributed by atoms with E-state index in [9.17, 15) is 0 Å². The molecule has 5 nitrogen and oxygen atoms in total. The van der Waals surface area contributed by atoms with Crippen molar-refractivity contribution < 1.29 is 5.11 Å². The molecule has 0 aromatic carbocycles. The Hall–Kier alpha value is -0.770. The second kappa shape index (κ2) is 5.80. The minimum absolute atomic E-state index is 0.187. The Morgan fingerprint density at radius 3 is 2.69 bits per heavy atom. The lowest BCUT2D eigenvalue weighted by molar-refractivity contribution is 0.105. The summed E-state index contributed by atoms with van der Waals surface area (Å²) in [5, 5.41) is 12.3. The summed E-state index contributed by atoms with van der Waals surface area (Å²) in [6.45, 7) is 2.17. The molecule has 0 amide bonds. The normalized spacial score (nSPS) is 16.8. The van der Waals surface area contributed by atoms with Crippen LogP contribution in [0.3, 0.4) is 0 Å². The van der Waals surface area contributed by atoms with Crippen LogP contribution in [0.4, 0.5) is 0 Å². The third-order valence-corrected chi connectivity index (χ3v) is 2.53. The summed E-state index contributed by atoms with van der Waals surface area (Å²) in [7, 11) is 0. The molecule has 0 unspecified atom stereocenters. The molecule has 13 heavy (non-hydrogen) atoms. The van der Waals surface area contributed by atoms with E-state index in [0.717, 1.165) is 6.54 Å². The zero-order chi connectivity index (χ0) is 9.52. The van der Waals surface area contributed by atoms with Gasteiger partial charge in [-0.05, 0) is 18.4 Å². The first-order chi connectivity index (χ1) is 6.38. The van der Waals surface area contributed by atoms with Gasteiger partial charge in [-0.2, -0.15) is 0 Å². The number of aliphatic hydroxyl groups is 1. The Labute approximate surface area is 78.0 Å². The summed E-state index contributed by atoms with van der Waals surface area (Å²) in [5.74, 6) is 0. The second-order valence-electron chi connectivity index (χ2n) is 3.30. The average Bonchev–Trinajstić information content (AvgIpc) is 2.02. The van der Waals surface area contributed by atoms with Gasteiger partial charge in [-0.15, -0.1) is 0 Å². The molecule has 1 fully saturated rings. The lowest BCUT2D eigenvalue weighted by atomic mass is 9.91. The van der Waals surface area contributed by atoms with Crippen molar-refractivity contribution in [2.75, 3.05) is 26.2 Å². The third-order valence-electron chi connectivity index (χ3n) is 2.53. The van der Waals surface area contributed by atoms with Crippen LogP contribution >= 0.6 is 0 Å². The van der Waals surface area contributed by atoms with Crippen molar-refractivity contribution in [1.82, 2.24) is 4.90 Å². The SMILES string of the molecule is [N-]=[N+]=NCCN(CCO)C1CCC1. The molecule has 1 aliphatic carbocycles. The average molecular weight is 184 g/mol. The summed E-state index contributed by atoms with van der Waals surface area (Å²) < 4.78 is 0. The van der Waals surface area contributed by atoms with Gasteiger partial charge in [0, 0.05) is 30.6 Å². The second-order valence-corrected chi connectivity index (χ2v) is 3.30. The van der Waals surface area contributed by atoms with Gasteiger partial charge in [0.2, 0.25) is 0 Å². The van der Waals surface area contributed by atoms with E-state index in [0.29, 0.717) is 19.1 Å². The van der Waals surface area contributed by atoms with Gasteiger partial charge in [0.1, 0.15) is 0 Å². The predicted octanol–water partition coefficient (Wildman–Crippen LogP) is 1.14. The van der Waals surface area contributed by atoms with E-state index in [-0.39, 0.29) is 6.61 Å². The maximum atomic E-state index is 8.82. The Morgan fingerprint density at radius 1 is 1.46 bits per heavy atom. The summed E-state index contributed by atoms with van der Waals surface area (Å²) in [6, 6.07) is 0.612. The first kappa shape index (κ1) is 10.3. The van der Waals surface area contributed by atoms with Crippen molar-refractivity contribution in [3.8, 4) is 0 Å². The number of hydrogen-bond acceptors (Lipinski definition) is 3. The monoisotopic (exact) mass is 184 g/mol. The molecule has 5 heteroatoms. The molecular formula is C8H16N4O. The lowest BCUT2D eigenvalue weighted by Crippen LogP contribution is -2.43. The third kappa shape index (κ3) is 3.22. The standard InChI is InChI=1S/C8H16N4O/c9-11-10-4-5-12(6-7-13)8-2-1-3-8/h8,13H,1-7H2. The molecule has 1 rings (SSSR count). The molecule has 1 N–H and O–H groups in total. The number of azide groups is 1. The van der Waals surface area contributed by atoms with E-state index < -0.39 is 0 Å². The van der Waals surface area contributed by atoms with Crippen molar-refractivity contribution in [3.63, 3.8) is 0 Å². The Balaban J connectivity index is 2.23. The highest BCUT2D eigenvalue weighted by Crippen LogP contribution is 2.24. The topological polar surface area (TPSA) is 72.2 Å². The first-order valence-electron chi connectivity index (χ1n) is 4.74. The van der Waals surface area contributed by atoms with Crippen molar-refractivity contribution in [2.24, 2.45) is 5.11 Å². The highest BCUT2D eigenvalue weighted by atomic mass is 16.3. The molecule has 0 aromatic heterocycles. The minimum Gasteiger partial charge on any atom is -0.395 e. The summed E-state index contributed by atoms with van der Waals surface area (Å²) in [4.78, 5) is 4.91. The fourth-order valence-electron chi connectivity index (χ4n) is 1.58. The van der Waals surface area contributed by atoms with E-state index in [4.69, 9.17) is 10.6 Å². The molecule has 1 aliphatic rings. The van der Waals surface area contributed by atoms with Gasteiger partial charge < -0.3 is 5.11 Å². The van der Waals surface area contributed by atoms with E-state index in [2.05, 4.69) is 14.9 Å². The molecule has 0 aromatic rings. The van der Waals surface area contributed by atoms with Crippen LogP contribution in [-0.4, -0.2) is 42.3 Å². The first-order valence-corrected chi connectivity index (χ1v) is 4.74. The molecule has 0 aliphatic heterocycles. The predicted molar refractivity (Wildman–Crippen MR) is 50.3 cm³/mol. The highest BCUT2D eigenvalue weighted by molar-refractivity contribution is 4.80. The summed E-state index contributed by atoms with van der Waals surface area (Å²) >= 11 is 0. The molecule has 0 atom stereocenters. The molecule has 0 bridgehead atoms. The van der Waals surface area contributed by atoms with Crippen molar-refractivity contribution in [3.05, 3.63) is 10.4 Å². The van der Waals surface area contributed by atoms with Crippen LogP contribution in [-0.2, 0) is 0 Å². The van der Waals surface area contributed by atoms with E-state index >= 15 is 0 Å². The summed E-state index contributed by atoms with van der Waals surface area (Å²) in [6.07, 6.45) is 3.72. The van der Waals surface area contributed by atoms with Crippen LogP contribution in [0.15, 0.2) is 5.11 Å². The largest absolute Gasteiger partial charge is 0.395 e. The molecule has 1 saturated carbocycles. The quantitative estimate of drug-likeness (QED) is 0.382. The lowest BCUT2D eigenvalue weighted by Gasteiger charge is -2.36. The smallest absolute Gasteiger partial charge is 0.0558 e. The van der Waals surface area contributed by atoms with E-state index in [1.807, 2.05) is 0 Å². The van der Waals surface area contributed by atoms with Crippen LogP contribution in [0.25, 0.3) is 10.4 Å². The summed E-state index contributed by atoms with van der Waals surface area (Å²) in [5.41, 5.74) is 8.11. The van der Waals surface area contributed by atoms with Crippen molar-refractivity contribution >= 4 is 0 Å². The number of aliphatic hydroxyl groups excluding tert-OH is 1. The van der Waals surface area contributed by atoms with Gasteiger partial charge in [0.15, 0.2) is 0 Å². The van der Waals surface area contributed by atoms with Crippen LogP contribution < -0.4 is 0 Å². The molecule has 0 radical (unpaired) electrons. The fraction of sp³-hybridized carbons (Fsp3) is 1.00. The van der Waals surface area contributed by atoms with Gasteiger partial charge in [0.05, 0.1) is 6.61 Å². The van der Waals surface area contributed by atoms with E-state index in [1.165, 1.54) is 19.3 Å². The van der Waals surface area contributed by atoms with Gasteiger partial charge in [-0.3, -0.25) is 4.90 Å².